The molecule has 0 aliphatic carbocycles. The second kappa shape index (κ2) is 8.17. The van der Waals surface area contributed by atoms with E-state index in [2.05, 4.69) is 0 Å². The third-order valence-electron chi connectivity index (χ3n) is 5.23. The fourth-order valence-corrected chi connectivity index (χ4v) is 3.79. The highest BCUT2D eigenvalue weighted by Crippen LogP contribution is 2.40. The molecule has 25 heavy (non-hydrogen) atoms. The fourth-order valence-electron chi connectivity index (χ4n) is 3.79. The monoisotopic (exact) mass is 349 g/mol. The Hall–Kier alpha value is -1.63. The van der Waals surface area contributed by atoms with Gasteiger partial charge in [0.15, 0.2) is 6.29 Å². The minimum atomic E-state index is -0.250. The summed E-state index contributed by atoms with van der Waals surface area (Å²) in [6.07, 6.45) is 2.08. The molecule has 0 aromatic heterocycles. The molecule has 1 aromatic rings. The number of carbonyl (C=O) groups is 1. The van der Waals surface area contributed by atoms with E-state index in [1.165, 1.54) is 0 Å². The Bertz CT molecular complexity index is 552. The SMILES string of the molecule is COC(OC)C1COC2(CCN(C(=O)OCc3ccccc3)CC2)C1. The first-order valence-corrected chi connectivity index (χ1v) is 8.81. The Morgan fingerprint density at radius 2 is 1.92 bits per heavy atom. The molecular formula is C19H27NO5. The predicted octanol–water partition coefficient (Wildman–Crippen LogP) is 2.81. The Morgan fingerprint density at radius 3 is 2.56 bits per heavy atom. The molecule has 6 nitrogen and oxygen atoms in total. The van der Waals surface area contributed by atoms with Gasteiger partial charge in [-0.2, -0.15) is 0 Å². The largest absolute Gasteiger partial charge is 0.445 e. The second-order valence-electron chi connectivity index (χ2n) is 6.83. The third kappa shape index (κ3) is 4.32. The number of piperidine rings is 1. The van der Waals surface area contributed by atoms with Crippen LogP contribution in [0.2, 0.25) is 0 Å². The molecule has 1 spiro atoms. The average Bonchev–Trinajstić information content (AvgIpc) is 3.06. The molecule has 2 aliphatic heterocycles. The minimum absolute atomic E-state index is 0.157. The van der Waals surface area contributed by atoms with Gasteiger partial charge < -0.3 is 23.8 Å². The van der Waals surface area contributed by atoms with Crippen molar-refractivity contribution in [3.8, 4) is 0 Å². The summed E-state index contributed by atoms with van der Waals surface area (Å²) in [7, 11) is 3.31. The maximum absolute atomic E-state index is 12.3. The van der Waals surface area contributed by atoms with Crippen LogP contribution in [0.4, 0.5) is 4.79 Å². The molecule has 1 atom stereocenters. The zero-order valence-corrected chi connectivity index (χ0v) is 15.0. The summed E-state index contributed by atoms with van der Waals surface area (Å²) >= 11 is 0. The van der Waals surface area contributed by atoms with Crippen LogP contribution in [0, 0.1) is 5.92 Å². The molecule has 0 bridgehead atoms. The van der Waals surface area contributed by atoms with Gasteiger partial charge in [-0.05, 0) is 24.8 Å². The summed E-state index contributed by atoms with van der Waals surface area (Å²) in [6, 6.07) is 9.73. The van der Waals surface area contributed by atoms with E-state index in [0.29, 0.717) is 26.3 Å². The van der Waals surface area contributed by atoms with Gasteiger partial charge in [0.1, 0.15) is 6.61 Å². The first-order valence-electron chi connectivity index (χ1n) is 8.81. The van der Waals surface area contributed by atoms with Crippen molar-refractivity contribution in [3.63, 3.8) is 0 Å². The Labute approximate surface area is 149 Å². The molecule has 2 aliphatic rings. The molecule has 6 heteroatoms. The summed E-state index contributed by atoms with van der Waals surface area (Å²) < 4.78 is 22.2. The number of carbonyl (C=O) groups excluding carboxylic acids is 1. The van der Waals surface area contributed by atoms with Gasteiger partial charge >= 0.3 is 6.09 Å². The fraction of sp³-hybridized carbons (Fsp3) is 0.632. The quantitative estimate of drug-likeness (QED) is 0.765. The molecule has 2 fully saturated rings. The van der Waals surface area contributed by atoms with Gasteiger partial charge in [0.25, 0.3) is 0 Å². The van der Waals surface area contributed by atoms with Gasteiger partial charge in [0, 0.05) is 33.2 Å². The maximum atomic E-state index is 12.3. The molecule has 0 saturated carbocycles. The van der Waals surface area contributed by atoms with Crippen LogP contribution in [0.15, 0.2) is 30.3 Å². The van der Waals surface area contributed by atoms with E-state index >= 15 is 0 Å². The van der Waals surface area contributed by atoms with E-state index in [0.717, 1.165) is 24.8 Å². The number of nitrogens with zero attached hydrogens (tertiary/aromatic N) is 1. The number of hydrogen-bond acceptors (Lipinski definition) is 5. The van der Waals surface area contributed by atoms with Crippen molar-refractivity contribution in [2.45, 2.75) is 37.8 Å². The van der Waals surface area contributed by atoms with Crippen molar-refractivity contribution in [1.82, 2.24) is 4.90 Å². The molecule has 2 heterocycles. The van der Waals surface area contributed by atoms with Crippen molar-refractivity contribution in [2.24, 2.45) is 5.92 Å². The molecular weight excluding hydrogens is 322 g/mol. The summed E-state index contributed by atoms with van der Waals surface area (Å²) in [5, 5.41) is 0. The number of amides is 1. The van der Waals surface area contributed by atoms with E-state index in [1.54, 1.807) is 19.1 Å². The van der Waals surface area contributed by atoms with E-state index in [4.69, 9.17) is 18.9 Å². The van der Waals surface area contributed by atoms with Crippen molar-refractivity contribution in [3.05, 3.63) is 35.9 Å². The molecule has 1 aromatic carbocycles. The van der Waals surface area contributed by atoms with Crippen LogP contribution >= 0.6 is 0 Å². The van der Waals surface area contributed by atoms with E-state index in [-0.39, 0.29) is 23.9 Å². The first-order chi connectivity index (χ1) is 12.2. The number of likely N-dealkylation sites (tertiary alicyclic amines) is 1. The van der Waals surface area contributed by atoms with E-state index in [1.807, 2.05) is 30.3 Å². The standard InChI is InChI=1S/C19H27NO5/c1-22-17(23-2)16-12-19(25-14-16)8-10-20(11-9-19)18(21)24-13-15-6-4-3-5-7-15/h3-7,16-17H,8-14H2,1-2H3. The van der Waals surface area contributed by atoms with Crippen LogP contribution < -0.4 is 0 Å². The molecule has 138 valence electrons. The number of rotatable bonds is 5. The highest BCUT2D eigenvalue weighted by atomic mass is 16.7. The lowest BCUT2D eigenvalue weighted by Crippen LogP contribution is -2.46. The van der Waals surface area contributed by atoms with Crippen molar-refractivity contribution < 1.29 is 23.7 Å². The van der Waals surface area contributed by atoms with Crippen LogP contribution in [0.1, 0.15) is 24.8 Å². The Kier molecular flexibility index (Phi) is 5.93. The summed E-state index contributed by atoms with van der Waals surface area (Å²) in [6.45, 7) is 2.27. The predicted molar refractivity (Wildman–Crippen MR) is 92.0 cm³/mol. The van der Waals surface area contributed by atoms with Crippen LogP contribution in [0.25, 0.3) is 0 Å². The molecule has 2 saturated heterocycles. The van der Waals surface area contributed by atoms with E-state index < -0.39 is 0 Å². The average molecular weight is 349 g/mol. The minimum Gasteiger partial charge on any atom is -0.445 e. The highest BCUT2D eigenvalue weighted by molar-refractivity contribution is 5.67. The third-order valence-corrected chi connectivity index (χ3v) is 5.23. The van der Waals surface area contributed by atoms with Gasteiger partial charge in [-0.1, -0.05) is 30.3 Å². The molecule has 3 rings (SSSR count). The maximum Gasteiger partial charge on any atom is 0.410 e. The lowest BCUT2D eigenvalue weighted by molar-refractivity contribution is -0.136. The molecule has 1 unspecified atom stereocenters. The van der Waals surface area contributed by atoms with E-state index in [9.17, 15) is 4.79 Å². The van der Waals surface area contributed by atoms with Crippen LogP contribution in [-0.2, 0) is 25.6 Å². The summed E-state index contributed by atoms with van der Waals surface area (Å²) in [5.41, 5.74) is 0.840. The number of ether oxygens (including phenoxy) is 4. The summed E-state index contributed by atoms with van der Waals surface area (Å²) in [5.74, 6) is 0.242. The Morgan fingerprint density at radius 1 is 1.24 bits per heavy atom. The second-order valence-corrected chi connectivity index (χ2v) is 6.83. The van der Waals surface area contributed by atoms with Crippen LogP contribution in [-0.4, -0.2) is 56.8 Å². The van der Waals surface area contributed by atoms with Gasteiger partial charge in [-0.25, -0.2) is 4.79 Å². The van der Waals surface area contributed by atoms with Gasteiger partial charge in [-0.15, -0.1) is 0 Å². The molecule has 1 amide bonds. The van der Waals surface area contributed by atoms with Crippen molar-refractivity contribution >= 4 is 6.09 Å². The van der Waals surface area contributed by atoms with Gasteiger partial charge in [0.2, 0.25) is 0 Å². The first kappa shape index (κ1) is 18.2. The van der Waals surface area contributed by atoms with Crippen LogP contribution in [0.5, 0.6) is 0 Å². The smallest absolute Gasteiger partial charge is 0.410 e. The summed E-state index contributed by atoms with van der Waals surface area (Å²) in [4.78, 5) is 14.0. The Balaban J connectivity index is 1.46. The van der Waals surface area contributed by atoms with Crippen molar-refractivity contribution in [1.29, 1.82) is 0 Å². The molecule has 0 N–H and O–H groups in total. The lowest BCUT2D eigenvalue weighted by atomic mass is 9.85. The highest BCUT2D eigenvalue weighted by Gasteiger charge is 2.46. The number of hydrogen-bond donors (Lipinski definition) is 0. The number of benzene rings is 1. The lowest BCUT2D eigenvalue weighted by Gasteiger charge is -2.38. The van der Waals surface area contributed by atoms with Gasteiger partial charge in [0.05, 0.1) is 12.2 Å². The van der Waals surface area contributed by atoms with Gasteiger partial charge in [-0.3, -0.25) is 0 Å². The van der Waals surface area contributed by atoms with Crippen LogP contribution in [0.3, 0.4) is 0 Å². The normalized spacial score (nSPS) is 22.5. The topological polar surface area (TPSA) is 57.2 Å². The zero-order chi connectivity index (χ0) is 17.7. The number of methoxy groups -OCH3 is 2. The zero-order valence-electron chi connectivity index (χ0n) is 15.0. The molecule has 0 radical (unpaired) electrons. The van der Waals surface area contributed by atoms with Crippen molar-refractivity contribution in [2.75, 3.05) is 33.9 Å².